The van der Waals surface area contributed by atoms with Crippen LogP contribution in [0.3, 0.4) is 0 Å². The Bertz CT molecular complexity index is 1240. The van der Waals surface area contributed by atoms with Gasteiger partial charge in [-0.25, -0.2) is 9.59 Å². The predicted octanol–water partition coefficient (Wildman–Crippen LogP) is 2.89. The van der Waals surface area contributed by atoms with Crippen LogP contribution in [-0.4, -0.2) is 47.8 Å². The Morgan fingerprint density at radius 1 is 1.09 bits per heavy atom. The fourth-order valence-corrected chi connectivity index (χ4v) is 3.59. The number of amides is 4. The van der Waals surface area contributed by atoms with Crippen molar-refractivity contribution in [3.8, 4) is 5.75 Å². The number of benzene rings is 2. The fourth-order valence-electron chi connectivity index (χ4n) is 3.59. The minimum absolute atomic E-state index is 0.0658. The molecule has 3 aromatic rings. The Morgan fingerprint density at radius 3 is 2.66 bits per heavy atom. The number of ether oxygens (including phenoxy) is 1. The van der Waals surface area contributed by atoms with Gasteiger partial charge in [-0.3, -0.25) is 4.79 Å². The first-order valence-electron chi connectivity index (χ1n) is 10.3. The lowest BCUT2D eigenvalue weighted by Gasteiger charge is -2.15. The van der Waals surface area contributed by atoms with Crippen molar-refractivity contribution in [3.63, 3.8) is 0 Å². The molecule has 0 spiro atoms. The fraction of sp³-hybridized carbons (Fsp3) is 0.261. The first kappa shape index (κ1) is 21.2. The SMILES string of the molecule is Cc1cc(OCCN2CCNC2=O)ccc1NC(=O)Nc1ccc2ccc(=O)n(C)c2c1. The molecular weight excluding hydrogens is 410 g/mol. The molecule has 0 atom stereocenters. The monoisotopic (exact) mass is 435 g/mol. The number of urea groups is 2. The van der Waals surface area contributed by atoms with Gasteiger partial charge in [-0.05, 0) is 54.3 Å². The molecule has 2 heterocycles. The van der Waals surface area contributed by atoms with Crippen LogP contribution < -0.4 is 26.2 Å². The van der Waals surface area contributed by atoms with Crippen molar-refractivity contribution in [2.45, 2.75) is 6.92 Å². The molecule has 9 nitrogen and oxygen atoms in total. The third kappa shape index (κ3) is 4.66. The molecule has 9 heteroatoms. The lowest BCUT2D eigenvalue weighted by atomic mass is 10.2. The number of nitrogens with zero attached hydrogens (tertiary/aromatic N) is 2. The number of nitrogens with one attached hydrogen (secondary N) is 3. The van der Waals surface area contributed by atoms with Gasteiger partial charge in [-0.15, -0.1) is 0 Å². The summed E-state index contributed by atoms with van der Waals surface area (Å²) >= 11 is 0. The first-order chi connectivity index (χ1) is 15.4. The number of anilines is 2. The van der Waals surface area contributed by atoms with Gasteiger partial charge >= 0.3 is 12.1 Å². The third-order valence-corrected chi connectivity index (χ3v) is 5.41. The summed E-state index contributed by atoms with van der Waals surface area (Å²) in [5, 5.41) is 9.30. The van der Waals surface area contributed by atoms with Crippen LogP contribution in [0, 0.1) is 6.92 Å². The summed E-state index contributed by atoms with van der Waals surface area (Å²) in [4.78, 5) is 37.6. The highest BCUT2D eigenvalue weighted by molar-refractivity contribution is 6.01. The van der Waals surface area contributed by atoms with Crippen LogP contribution in [0.5, 0.6) is 5.75 Å². The summed E-state index contributed by atoms with van der Waals surface area (Å²) in [7, 11) is 1.70. The summed E-state index contributed by atoms with van der Waals surface area (Å²) in [5.41, 5.74) is 2.71. The second-order valence-corrected chi connectivity index (χ2v) is 7.63. The number of carbonyl (C=O) groups excluding carboxylic acids is 2. The van der Waals surface area contributed by atoms with Crippen LogP contribution in [0.15, 0.2) is 53.3 Å². The van der Waals surface area contributed by atoms with Crippen LogP contribution in [0.2, 0.25) is 0 Å². The van der Waals surface area contributed by atoms with Gasteiger partial charge in [-0.1, -0.05) is 6.07 Å². The zero-order chi connectivity index (χ0) is 22.7. The quantitative estimate of drug-likeness (QED) is 0.554. The van der Waals surface area contributed by atoms with Gasteiger partial charge in [0.05, 0.1) is 12.1 Å². The van der Waals surface area contributed by atoms with Gasteiger partial charge in [0.2, 0.25) is 0 Å². The van der Waals surface area contributed by atoms with Crippen LogP contribution >= 0.6 is 0 Å². The third-order valence-electron chi connectivity index (χ3n) is 5.41. The normalized spacial score (nSPS) is 13.2. The van der Waals surface area contributed by atoms with Crippen molar-refractivity contribution in [3.05, 3.63) is 64.4 Å². The molecule has 1 saturated heterocycles. The van der Waals surface area contributed by atoms with Crippen LogP contribution in [-0.2, 0) is 7.05 Å². The molecule has 4 amide bonds. The summed E-state index contributed by atoms with van der Waals surface area (Å²) in [5.74, 6) is 0.670. The highest BCUT2D eigenvalue weighted by atomic mass is 16.5. The molecule has 0 unspecified atom stereocenters. The van der Waals surface area contributed by atoms with E-state index in [1.54, 1.807) is 42.3 Å². The maximum Gasteiger partial charge on any atom is 0.323 e. The molecule has 0 aliphatic carbocycles. The molecule has 32 heavy (non-hydrogen) atoms. The number of carbonyl (C=O) groups is 2. The zero-order valence-electron chi connectivity index (χ0n) is 18.0. The van der Waals surface area contributed by atoms with Crippen molar-refractivity contribution >= 4 is 34.3 Å². The predicted molar refractivity (Wildman–Crippen MR) is 123 cm³/mol. The molecule has 0 saturated carbocycles. The highest BCUT2D eigenvalue weighted by Gasteiger charge is 2.18. The van der Waals surface area contributed by atoms with Crippen LogP contribution in [0.25, 0.3) is 10.9 Å². The number of aromatic nitrogens is 1. The number of fused-ring (bicyclic) bond motifs is 1. The van der Waals surface area contributed by atoms with E-state index in [1.165, 1.54) is 10.6 Å². The number of hydrogen-bond acceptors (Lipinski definition) is 4. The van der Waals surface area contributed by atoms with E-state index in [1.807, 2.05) is 19.1 Å². The summed E-state index contributed by atoms with van der Waals surface area (Å²) in [6.45, 7) is 4.14. The van der Waals surface area contributed by atoms with Gasteiger partial charge in [-0.2, -0.15) is 0 Å². The molecule has 0 bridgehead atoms. The smallest absolute Gasteiger partial charge is 0.323 e. The van der Waals surface area contributed by atoms with Gasteiger partial charge < -0.3 is 30.2 Å². The molecule has 1 fully saturated rings. The lowest BCUT2D eigenvalue weighted by molar-refractivity contribution is 0.202. The standard InChI is InChI=1S/C23H25N5O4/c1-15-13-18(32-12-11-28-10-9-24-23(28)31)6-7-19(15)26-22(30)25-17-5-3-16-4-8-21(29)27(2)20(16)14-17/h3-8,13-14H,9-12H2,1-2H3,(H,24,31)(H2,25,26,30). The average Bonchev–Trinajstić information content (AvgIpc) is 3.18. The van der Waals surface area contributed by atoms with Crippen molar-refractivity contribution in [1.82, 2.24) is 14.8 Å². The van der Waals surface area contributed by atoms with Gasteiger partial charge in [0.25, 0.3) is 5.56 Å². The van der Waals surface area contributed by atoms with Crippen molar-refractivity contribution in [2.24, 2.45) is 7.05 Å². The van der Waals surface area contributed by atoms with Crippen molar-refractivity contribution in [1.29, 1.82) is 0 Å². The minimum atomic E-state index is -0.387. The van der Waals surface area contributed by atoms with E-state index in [2.05, 4.69) is 16.0 Å². The Kier molecular flexibility index (Phi) is 5.98. The minimum Gasteiger partial charge on any atom is -0.492 e. The van der Waals surface area contributed by atoms with Gasteiger partial charge in [0, 0.05) is 37.6 Å². The molecular formula is C23H25N5O4. The van der Waals surface area contributed by atoms with E-state index in [-0.39, 0.29) is 17.6 Å². The molecule has 1 aliphatic rings. The van der Waals surface area contributed by atoms with Crippen molar-refractivity contribution < 1.29 is 14.3 Å². The summed E-state index contributed by atoms with van der Waals surface area (Å²) in [6, 6.07) is 13.6. The molecule has 2 aromatic carbocycles. The Balaban J connectivity index is 1.36. The molecule has 166 valence electrons. The van der Waals surface area contributed by atoms with Crippen LogP contribution in [0.1, 0.15) is 5.56 Å². The molecule has 0 radical (unpaired) electrons. The number of hydrogen-bond donors (Lipinski definition) is 3. The Hall–Kier alpha value is -4.01. The topological polar surface area (TPSA) is 105 Å². The maximum atomic E-state index is 12.5. The first-order valence-corrected chi connectivity index (χ1v) is 10.3. The van der Waals surface area contributed by atoms with E-state index in [0.717, 1.165) is 16.5 Å². The van der Waals surface area contributed by atoms with Crippen molar-refractivity contribution in [2.75, 3.05) is 36.9 Å². The molecule has 4 rings (SSSR count). The van der Waals surface area contributed by atoms with E-state index in [0.29, 0.717) is 43.4 Å². The molecule has 3 N–H and O–H groups in total. The van der Waals surface area contributed by atoms with E-state index >= 15 is 0 Å². The van der Waals surface area contributed by atoms with Gasteiger partial charge in [0.1, 0.15) is 12.4 Å². The van der Waals surface area contributed by atoms with Gasteiger partial charge in [0.15, 0.2) is 0 Å². The summed E-state index contributed by atoms with van der Waals surface area (Å²) < 4.78 is 7.28. The van der Waals surface area contributed by atoms with E-state index in [4.69, 9.17) is 4.74 Å². The second kappa shape index (κ2) is 9.01. The zero-order valence-corrected chi connectivity index (χ0v) is 18.0. The number of rotatable bonds is 6. The molecule has 1 aliphatic heterocycles. The maximum absolute atomic E-state index is 12.5. The summed E-state index contributed by atoms with van der Waals surface area (Å²) in [6.07, 6.45) is 0. The second-order valence-electron chi connectivity index (χ2n) is 7.63. The lowest BCUT2D eigenvalue weighted by Crippen LogP contribution is -2.31. The Labute approximate surface area is 185 Å². The number of pyridine rings is 1. The van der Waals surface area contributed by atoms with E-state index < -0.39 is 0 Å². The number of aryl methyl sites for hydroxylation is 2. The van der Waals surface area contributed by atoms with Crippen LogP contribution in [0.4, 0.5) is 21.0 Å². The largest absolute Gasteiger partial charge is 0.492 e. The Morgan fingerprint density at radius 2 is 1.91 bits per heavy atom. The van der Waals surface area contributed by atoms with E-state index in [9.17, 15) is 14.4 Å². The molecule has 1 aromatic heterocycles. The highest BCUT2D eigenvalue weighted by Crippen LogP contribution is 2.22. The average molecular weight is 435 g/mol.